The number of hydrogen-bond acceptors (Lipinski definition) is 7. The molecule has 7 nitrogen and oxygen atoms in total. The third kappa shape index (κ3) is 3.45. The van der Waals surface area contributed by atoms with Crippen molar-refractivity contribution in [1.29, 1.82) is 5.41 Å². The van der Waals surface area contributed by atoms with E-state index in [1.807, 2.05) is 0 Å². The summed E-state index contributed by atoms with van der Waals surface area (Å²) in [7, 11) is 0. The van der Waals surface area contributed by atoms with E-state index in [1.165, 1.54) is 0 Å². The molecule has 0 saturated carbocycles. The fourth-order valence-electron chi connectivity index (χ4n) is 3.09. The number of anilines is 3. The Bertz CT molecular complexity index is 828. The lowest BCUT2D eigenvalue weighted by molar-refractivity contribution is 0.258. The van der Waals surface area contributed by atoms with Crippen molar-refractivity contribution in [3.05, 3.63) is 40.7 Å². The van der Waals surface area contributed by atoms with Crippen LogP contribution in [0.25, 0.3) is 0 Å². The maximum atomic E-state index is 8.39. The number of nitrogen functional groups attached to an aromatic ring is 2. The predicted octanol–water partition coefficient (Wildman–Crippen LogP) is 2.28. The lowest BCUT2D eigenvalue weighted by Crippen LogP contribution is -2.42. The maximum Gasteiger partial charge on any atom is 0.154 e. The van der Waals surface area contributed by atoms with Crippen LogP contribution in [0.5, 0.6) is 0 Å². The van der Waals surface area contributed by atoms with Crippen LogP contribution < -0.4 is 22.1 Å². The minimum atomic E-state index is 0.105. The maximum absolute atomic E-state index is 8.39. The number of halogens is 1. The van der Waals surface area contributed by atoms with Gasteiger partial charge in [0.25, 0.3) is 0 Å². The average Bonchev–Trinajstić information content (AvgIpc) is 2.64. The molecular weight excluding hydrogens is 350 g/mol. The zero-order valence-electron chi connectivity index (χ0n) is 14.8. The first-order valence-corrected chi connectivity index (χ1v) is 8.93. The summed E-state index contributed by atoms with van der Waals surface area (Å²) in [6.45, 7) is 4.62. The third-order valence-corrected chi connectivity index (χ3v) is 5.53. The topological polar surface area (TPSA) is 131 Å². The van der Waals surface area contributed by atoms with E-state index in [9.17, 15) is 0 Å². The standard InChI is InChI=1S/C18H24ClN7/c1-18(10-20)5-7-26(8-6-18)13-9-24-16(17(23)25-13)15(22)11-3-2-4-12(21)14(11)19/h2-4,9,22H,5-8,10,20-21H2,1H3,(H2,23,25). The molecule has 0 atom stereocenters. The number of benzene rings is 1. The number of nitrogens with one attached hydrogen (secondary N) is 1. The van der Waals surface area contributed by atoms with Gasteiger partial charge in [-0.15, -0.1) is 0 Å². The molecule has 2 heterocycles. The fourth-order valence-corrected chi connectivity index (χ4v) is 3.31. The zero-order chi connectivity index (χ0) is 18.9. The highest BCUT2D eigenvalue weighted by Gasteiger charge is 2.29. The van der Waals surface area contributed by atoms with Gasteiger partial charge in [0, 0.05) is 18.7 Å². The summed E-state index contributed by atoms with van der Waals surface area (Å²) >= 11 is 6.21. The molecule has 1 aliphatic rings. The van der Waals surface area contributed by atoms with Crippen LogP contribution in [-0.2, 0) is 0 Å². The summed E-state index contributed by atoms with van der Waals surface area (Å²) < 4.78 is 0. The summed E-state index contributed by atoms with van der Waals surface area (Å²) in [5.41, 5.74) is 19.3. The van der Waals surface area contributed by atoms with Gasteiger partial charge < -0.3 is 22.1 Å². The number of hydrogen-bond donors (Lipinski definition) is 4. The third-order valence-electron chi connectivity index (χ3n) is 5.11. The van der Waals surface area contributed by atoms with Gasteiger partial charge in [-0.3, -0.25) is 5.41 Å². The molecule has 0 spiro atoms. The van der Waals surface area contributed by atoms with E-state index in [4.69, 9.17) is 34.2 Å². The first-order chi connectivity index (χ1) is 12.3. The number of nitrogens with two attached hydrogens (primary N) is 3. The molecule has 3 rings (SSSR count). The quantitative estimate of drug-likeness (QED) is 0.480. The van der Waals surface area contributed by atoms with E-state index in [0.717, 1.165) is 31.7 Å². The Labute approximate surface area is 158 Å². The van der Waals surface area contributed by atoms with E-state index < -0.39 is 0 Å². The van der Waals surface area contributed by atoms with Crippen LogP contribution >= 0.6 is 11.6 Å². The molecule has 1 saturated heterocycles. The van der Waals surface area contributed by atoms with Gasteiger partial charge in [0.1, 0.15) is 11.5 Å². The predicted molar refractivity (Wildman–Crippen MR) is 107 cm³/mol. The molecule has 8 heteroatoms. The van der Waals surface area contributed by atoms with Crippen molar-refractivity contribution in [1.82, 2.24) is 9.97 Å². The highest BCUT2D eigenvalue weighted by atomic mass is 35.5. The summed E-state index contributed by atoms with van der Waals surface area (Å²) in [5.74, 6) is 0.926. The number of piperidine rings is 1. The van der Waals surface area contributed by atoms with Gasteiger partial charge in [-0.1, -0.05) is 30.7 Å². The summed E-state index contributed by atoms with van der Waals surface area (Å²) in [6.07, 6.45) is 3.66. The van der Waals surface area contributed by atoms with E-state index in [-0.39, 0.29) is 16.9 Å². The van der Waals surface area contributed by atoms with Crippen molar-refractivity contribution >= 4 is 34.6 Å². The Morgan fingerprint density at radius 2 is 2.00 bits per heavy atom. The number of aromatic nitrogens is 2. The van der Waals surface area contributed by atoms with Crippen LogP contribution in [0.3, 0.4) is 0 Å². The lowest BCUT2D eigenvalue weighted by atomic mass is 9.80. The number of nitrogens with zero attached hydrogens (tertiary/aromatic N) is 3. The molecular formula is C18H24ClN7. The molecule has 1 aromatic heterocycles. The molecule has 1 aromatic carbocycles. The molecule has 0 unspecified atom stereocenters. The van der Waals surface area contributed by atoms with Gasteiger partial charge in [-0.25, -0.2) is 9.97 Å². The zero-order valence-corrected chi connectivity index (χ0v) is 15.6. The molecule has 0 aliphatic carbocycles. The van der Waals surface area contributed by atoms with Crippen LogP contribution in [0, 0.1) is 10.8 Å². The SMILES string of the molecule is CC1(CN)CCN(c2cnc(C(=N)c3cccc(N)c3Cl)c(N)n2)CC1. The second kappa shape index (κ2) is 7.09. The van der Waals surface area contributed by atoms with Crippen LogP contribution in [0.15, 0.2) is 24.4 Å². The molecule has 26 heavy (non-hydrogen) atoms. The molecule has 7 N–H and O–H groups in total. The second-order valence-corrected chi connectivity index (χ2v) is 7.43. The van der Waals surface area contributed by atoms with Crippen molar-refractivity contribution in [2.24, 2.45) is 11.1 Å². The molecule has 0 amide bonds. The van der Waals surface area contributed by atoms with Crippen molar-refractivity contribution < 1.29 is 0 Å². The van der Waals surface area contributed by atoms with E-state index in [0.29, 0.717) is 28.5 Å². The average molecular weight is 374 g/mol. The Morgan fingerprint density at radius 3 is 2.62 bits per heavy atom. The largest absolute Gasteiger partial charge is 0.398 e. The minimum absolute atomic E-state index is 0.105. The van der Waals surface area contributed by atoms with Crippen LogP contribution in [0.2, 0.25) is 5.02 Å². The second-order valence-electron chi connectivity index (χ2n) is 7.05. The monoisotopic (exact) mass is 373 g/mol. The Balaban J connectivity index is 1.82. The lowest BCUT2D eigenvalue weighted by Gasteiger charge is -2.39. The molecule has 138 valence electrons. The van der Waals surface area contributed by atoms with Gasteiger partial charge in [0.2, 0.25) is 0 Å². The normalized spacial score (nSPS) is 16.5. The molecule has 0 radical (unpaired) electrons. The van der Waals surface area contributed by atoms with Gasteiger partial charge in [-0.05, 0) is 30.9 Å². The van der Waals surface area contributed by atoms with E-state index in [1.54, 1.807) is 24.4 Å². The van der Waals surface area contributed by atoms with Gasteiger partial charge in [0.15, 0.2) is 5.82 Å². The molecule has 2 aromatic rings. The van der Waals surface area contributed by atoms with Crippen LogP contribution in [0.1, 0.15) is 31.0 Å². The minimum Gasteiger partial charge on any atom is -0.398 e. The van der Waals surface area contributed by atoms with Crippen molar-refractivity contribution in [3.63, 3.8) is 0 Å². The summed E-state index contributed by atoms with van der Waals surface area (Å²) in [6, 6.07) is 5.14. The first kappa shape index (κ1) is 18.4. The summed E-state index contributed by atoms with van der Waals surface area (Å²) in [5, 5.41) is 8.71. The van der Waals surface area contributed by atoms with Gasteiger partial charge in [0.05, 0.1) is 22.6 Å². The van der Waals surface area contributed by atoms with Gasteiger partial charge >= 0.3 is 0 Å². The van der Waals surface area contributed by atoms with Crippen molar-refractivity contribution in [2.75, 3.05) is 36.0 Å². The Morgan fingerprint density at radius 1 is 1.31 bits per heavy atom. The van der Waals surface area contributed by atoms with Crippen molar-refractivity contribution in [2.45, 2.75) is 19.8 Å². The van der Waals surface area contributed by atoms with E-state index >= 15 is 0 Å². The highest BCUT2D eigenvalue weighted by Crippen LogP contribution is 2.32. The smallest absolute Gasteiger partial charge is 0.154 e. The molecule has 1 aliphatic heterocycles. The van der Waals surface area contributed by atoms with Gasteiger partial charge in [-0.2, -0.15) is 0 Å². The molecule has 1 fully saturated rings. The van der Waals surface area contributed by atoms with Crippen molar-refractivity contribution in [3.8, 4) is 0 Å². The van der Waals surface area contributed by atoms with Crippen LogP contribution in [0.4, 0.5) is 17.3 Å². The first-order valence-electron chi connectivity index (χ1n) is 8.55. The molecule has 0 bridgehead atoms. The summed E-state index contributed by atoms with van der Waals surface area (Å²) in [4.78, 5) is 11.0. The van der Waals surface area contributed by atoms with E-state index in [2.05, 4.69) is 21.8 Å². The number of rotatable bonds is 4. The highest BCUT2D eigenvalue weighted by molar-refractivity contribution is 6.37. The fraction of sp³-hybridized carbons (Fsp3) is 0.389. The Hall–Kier alpha value is -2.38. The Kier molecular flexibility index (Phi) is 5.02. The van der Waals surface area contributed by atoms with Crippen LogP contribution in [-0.4, -0.2) is 35.3 Å².